The van der Waals surface area contributed by atoms with Crippen LogP contribution < -0.4 is 14.8 Å². The summed E-state index contributed by atoms with van der Waals surface area (Å²) in [6.45, 7) is 0.479. The highest BCUT2D eigenvalue weighted by atomic mass is 79.9. The maximum Gasteiger partial charge on any atom is 0.573 e. The van der Waals surface area contributed by atoms with Crippen molar-refractivity contribution in [2.45, 2.75) is 12.8 Å². The summed E-state index contributed by atoms with van der Waals surface area (Å²) in [5.74, 6) is -0.830. The number of ether oxygens (including phenoxy) is 1. The molecule has 0 saturated heterocycles. The monoisotopic (exact) mass is 390 g/mol. The van der Waals surface area contributed by atoms with E-state index in [1.807, 2.05) is 0 Å². The zero-order valence-corrected chi connectivity index (χ0v) is 13.4. The molecular weight excluding hydrogens is 377 g/mol. The Kier molecular flexibility index (Phi) is 6.29. The van der Waals surface area contributed by atoms with Gasteiger partial charge in [0.25, 0.3) is 0 Å². The third kappa shape index (κ3) is 7.00. The molecule has 1 aromatic carbocycles. The number of rotatable bonds is 7. The second-order valence-corrected chi connectivity index (χ2v) is 6.82. The van der Waals surface area contributed by atoms with Crippen molar-refractivity contribution in [3.63, 3.8) is 0 Å². The van der Waals surface area contributed by atoms with Gasteiger partial charge in [0.1, 0.15) is 0 Å². The number of nitrogens with one attached hydrogen (secondary N) is 2. The van der Waals surface area contributed by atoms with Crippen molar-refractivity contribution in [1.82, 2.24) is 5.32 Å². The molecule has 0 aromatic heterocycles. The van der Waals surface area contributed by atoms with Crippen molar-refractivity contribution in [2.24, 2.45) is 0 Å². The number of sulfonamides is 1. The first kappa shape index (κ1) is 18.1. The van der Waals surface area contributed by atoms with Gasteiger partial charge in [0.05, 0.1) is 11.4 Å². The SMILES string of the molecule is CNCCCS(=O)(=O)Nc1ccc(Br)cc1OC(F)(F)F. The summed E-state index contributed by atoms with van der Waals surface area (Å²) < 4.78 is 66.8. The summed E-state index contributed by atoms with van der Waals surface area (Å²) >= 11 is 3.00. The molecule has 120 valence electrons. The number of anilines is 1. The topological polar surface area (TPSA) is 67.4 Å². The highest BCUT2D eigenvalue weighted by Crippen LogP contribution is 2.33. The molecule has 0 radical (unpaired) electrons. The minimum Gasteiger partial charge on any atom is -0.403 e. The van der Waals surface area contributed by atoms with Crippen LogP contribution in [0, 0.1) is 0 Å². The second kappa shape index (κ2) is 7.32. The molecule has 0 bridgehead atoms. The average molecular weight is 391 g/mol. The standard InChI is InChI=1S/C11H14BrF3N2O3S/c1-16-5-2-6-21(18,19)17-9-4-3-8(12)7-10(9)20-11(13,14)15/h3-4,7,16-17H,2,5-6H2,1H3. The first-order valence-corrected chi connectivity index (χ1v) is 8.28. The summed E-state index contributed by atoms with van der Waals surface area (Å²) in [5, 5.41) is 2.78. The Morgan fingerprint density at radius 1 is 1.33 bits per heavy atom. The summed E-state index contributed by atoms with van der Waals surface area (Å²) in [4.78, 5) is 0. The number of alkyl halides is 3. The van der Waals surface area contributed by atoms with Crippen molar-refractivity contribution in [2.75, 3.05) is 24.1 Å². The van der Waals surface area contributed by atoms with E-state index >= 15 is 0 Å². The first-order valence-electron chi connectivity index (χ1n) is 5.83. The second-order valence-electron chi connectivity index (χ2n) is 4.07. The lowest BCUT2D eigenvalue weighted by Gasteiger charge is -2.15. The van der Waals surface area contributed by atoms with Gasteiger partial charge in [0.2, 0.25) is 10.0 Å². The Labute approximate surface area is 129 Å². The third-order valence-corrected chi connectivity index (χ3v) is 4.12. The minimum atomic E-state index is -4.91. The van der Waals surface area contributed by atoms with Crippen molar-refractivity contribution >= 4 is 31.6 Å². The summed E-state index contributed by atoms with van der Waals surface area (Å²) in [6, 6.07) is 3.65. The average Bonchev–Trinajstić information content (AvgIpc) is 2.31. The van der Waals surface area contributed by atoms with E-state index in [1.54, 1.807) is 7.05 Å². The van der Waals surface area contributed by atoms with Gasteiger partial charge < -0.3 is 10.1 Å². The maximum absolute atomic E-state index is 12.3. The predicted octanol–water partition coefficient (Wildman–Crippen LogP) is 2.70. The van der Waals surface area contributed by atoms with Crippen LogP contribution in [0.5, 0.6) is 5.75 Å². The molecule has 0 heterocycles. The molecule has 0 unspecified atom stereocenters. The van der Waals surface area contributed by atoms with Gasteiger partial charge in [0, 0.05) is 4.47 Å². The molecule has 0 fully saturated rings. The van der Waals surface area contributed by atoms with Gasteiger partial charge in [-0.1, -0.05) is 15.9 Å². The van der Waals surface area contributed by atoms with Crippen LogP contribution in [0.3, 0.4) is 0 Å². The molecule has 0 aliphatic rings. The van der Waals surface area contributed by atoms with E-state index in [1.165, 1.54) is 12.1 Å². The lowest BCUT2D eigenvalue weighted by molar-refractivity contribution is -0.274. The van der Waals surface area contributed by atoms with E-state index in [4.69, 9.17) is 0 Å². The van der Waals surface area contributed by atoms with Gasteiger partial charge in [-0.15, -0.1) is 13.2 Å². The number of hydrogen-bond acceptors (Lipinski definition) is 4. The van der Waals surface area contributed by atoms with Gasteiger partial charge in [0.15, 0.2) is 5.75 Å². The first-order chi connectivity index (χ1) is 9.63. The summed E-state index contributed by atoms with van der Waals surface area (Å²) in [6.07, 6.45) is -4.58. The molecule has 1 aromatic rings. The van der Waals surface area contributed by atoms with Crippen molar-refractivity contribution in [3.8, 4) is 5.75 Å². The van der Waals surface area contributed by atoms with Crippen LogP contribution in [-0.2, 0) is 10.0 Å². The van der Waals surface area contributed by atoms with E-state index < -0.39 is 22.1 Å². The van der Waals surface area contributed by atoms with E-state index in [9.17, 15) is 21.6 Å². The molecule has 0 atom stereocenters. The highest BCUT2D eigenvalue weighted by Gasteiger charge is 2.32. The van der Waals surface area contributed by atoms with Crippen LogP contribution >= 0.6 is 15.9 Å². The Morgan fingerprint density at radius 3 is 2.57 bits per heavy atom. The fraction of sp³-hybridized carbons (Fsp3) is 0.455. The molecule has 10 heteroatoms. The molecule has 0 aliphatic heterocycles. The molecule has 21 heavy (non-hydrogen) atoms. The van der Waals surface area contributed by atoms with E-state index in [0.29, 0.717) is 17.4 Å². The van der Waals surface area contributed by atoms with Gasteiger partial charge in [-0.05, 0) is 38.2 Å². The van der Waals surface area contributed by atoms with E-state index in [2.05, 4.69) is 30.7 Å². The van der Waals surface area contributed by atoms with Gasteiger partial charge >= 0.3 is 6.36 Å². The molecule has 0 amide bonds. The Bertz CT molecular complexity index is 579. The molecule has 2 N–H and O–H groups in total. The normalized spacial score (nSPS) is 12.2. The smallest absolute Gasteiger partial charge is 0.403 e. The zero-order chi connectivity index (χ0) is 16.1. The molecular formula is C11H14BrF3N2O3S. The zero-order valence-electron chi connectivity index (χ0n) is 11.0. The van der Waals surface area contributed by atoms with Gasteiger partial charge in [-0.2, -0.15) is 0 Å². The van der Waals surface area contributed by atoms with Crippen LogP contribution in [0.4, 0.5) is 18.9 Å². The molecule has 5 nitrogen and oxygen atoms in total. The van der Waals surface area contributed by atoms with Crippen LogP contribution in [-0.4, -0.2) is 34.1 Å². The van der Waals surface area contributed by atoms with Crippen LogP contribution in [0.2, 0.25) is 0 Å². The fourth-order valence-corrected chi connectivity index (χ4v) is 2.92. The third-order valence-electron chi connectivity index (χ3n) is 2.27. The van der Waals surface area contributed by atoms with Crippen molar-refractivity contribution in [1.29, 1.82) is 0 Å². The van der Waals surface area contributed by atoms with E-state index in [-0.39, 0.29) is 11.4 Å². The lowest BCUT2D eigenvalue weighted by Crippen LogP contribution is -2.22. The number of hydrogen-bond donors (Lipinski definition) is 2. The Morgan fingerprint density at radius 2 is 2.00 bits per heavy atom. The highest BCUT2D eigenvalue weighted by molar-refractivity contribution is 9.10. The maximum atomic E-state index is 12.3. The van der Waals surface area contributed by atoms with Gasteiger partial charge in [-0.25, -0.2) is 8.42 Å². The summed E-state index contributed by atoms with van der Waals surface area (Å²) in [7, 11) is -2.08. The molecule has 0 aliphatic carbocycles. The number of benzene rings is 1. The summed E-state index contributed by atoms with van der Waals surface area (Å²) in [5.41, 5.74) is -0.264. The molecule has 0 saturated carbocycles. The predicted molar refractivity (Wildman–Crippen MR) is 76.8 cm³/mol. The number of halogens is 4. The van der Waals surface area contributed by atoms with E-state index in [0.717, 1.165) is 6.07 Å². The fourth-order valence-electron chi connectivity index (χ4n) is 1.45. The largest absolute Gasteiger partial charge is 0.573 e. The van der Waals surface area contributed by atoms with Crippen molar-refractivity contribution in [3.05, 3.63) is 22.7 Å². The Balaban J connectivity index is 2.92. The molecule has 0 spiro atoms. The van der Waals surface area contributed by atoms with Crippen molar-refractivity contribution < 1.29 is 26.3 Å². The van der Waals surface area contributed by atoms with Gasteiger partial charge in [-0.3, -0.25) is 4.72 Å². The quantitative estimate of drug-likeness (QED) is 0.702. The van der Waals surface area contributed by atoms with Crippen LogP contribution in [0.15, 0.2) is 22.7 Å². The van der Waals surface area contributed by atoms with Crippen LogP contribution in [0.1, 0.15) is 6.42 Å². The van der Waals surface area contributed by atoms with Crippen LogP contribution in [0.25, 0.3) is 0 Å². The Hall–Kier alpha value is -1.00. The molecule has 1 rings (SSSR count). The lowest BCUT2D eigenvalue weighted by atomic mass is 10.3. The minimum absolute atomic E-state index is 0.213.